The summed E-state index contributed by atoms with van der Waals surface area (Å²) in [6, 6.07) is 8.47. The number of hydrogen-bond acceptors (Lipinski definition) is 7. The number of nitrogens with one attached hydrogen (secondary N) is 1. The quantitative estimate of drug-likeness (QED) is 0.385. The summed E-state index contributed by atoms with van der Waals surface area (Å²) in [7, 11) is 1.99. The van der Waals surface area contributed by atoms with Crippen LogP contribution in [-0.2, 0) is 18.2 Å². The first kappa shape index (κ1) is 23.3. The molecular formula is C27H31N7OS. The minimum absolute atomic E-state index is 0.0329. The SMILES string of the molecule is Cc1ccc(C2=N[C@@H](CNC3OC3CCc3cn(C)cn3)c3nnc(C)n3-c3sc(C)c(C)c32)cc1. The number of fused-ring (bicyclic) bond motifs is 3. The maximum atomic E-state index is 5.93. The number of epoxide rings is 1. The number of hydrogen-bond donors (Lipinski definition) is 1. The molecule has 2 aliphatic rings. The zero-order valence-electron chi connectivity index (χ0n) is 21.3. The zero-order chi connectivity index (χ0) is 25.0. The molecule has 4 aromatic rings. The van der Waals surface area contributed by atoms with Gasteiger partial charge in [0.25, 0.3) is 0 Å². The number of aryl methyl sites for hydroxylation is 5. The normalized spacial score (nSPS) is 20.6. The Morgan fingerprint density at radius 3 is 2.64 bits per heavy atom. The Kier molecular flexibility index (Phi) is 5.86. The van der Waals surface area contributed by atoms with E-state index in [1.54, 1.807) is 11.3 Å². The molecule has 0 spiro atoms. The lowest BCUT2D eigenvalue weighted by molar-refractivity contribution is 0.335. The first-order chi connectivity index (χ1) is 17.4. The molecule has 186 valence electrons. The Morgan fingerprint density at radius 1 is 1.08 bits per heavy atom. The van der Waals surface area contributed by atoms with Crippen molar-refractivity contribution in [2.75, 3.05) is 6.54 Å². The van der Waals surface area contributed by atoms with Gasteiger partial charge in [-0.05, 0) is 46.1 Å². The highest BCUT2D eigenvalue weighted by molar-refractivity contribution is 7.15. The van der Waals surface area contributed by atoms with E-state index in [1.807, 2.05) is 24.9 Å². The van der Waals surface area contributed by atoms with Crippen LogP contribution < -0.4 is 5.32 Å². The fraction of sp³-hybridized carbons (Fsp3) is 0.407. The van der Waals surface area contributed by atoms with Crippen LogP contribution in [0.3, 0.4) is 0 Å². The molecule has 2 aliphatic heterocycles. The van der Waals surface area contributed by atoms with Crippen molar-refractivity contribution in [2.24, 2.45) is 12.0 Å². The van der Waals surface area contributed by atoms with Crippen LogP contribution in [0.1, 0.15) is 56.9 Å². The third-order valence-corrected chi connectivity index (χ3v) is 8.30. The van der Waals surface area contributed by atoms with E-state index in [-0.39, 0.29) is 18.4 Å². The van der Waals surface area contributed by atoms with E-state index in [1.165, 1.54) is 21.6 Å². The van der Waals surface area contributed by atoms with Crippen molar-refractivity contribution in [1.82, 2.24) is 29.6 Å². The molecule has 1 aromatic carbocycles. The molecule has 3 atom stereocenters. The highest BCUT2D eigenvalue weighted by Crippen LogP contribution is 2.39. The molecular weight excluding hydrogens is 470 g/mol. The van der Waals surface area contributed by atoms with Crippen LogP contribution in [0.25, 0.3) is 5.00 Å². The summed E-state index contributed by atoms with van der Waals surface area (Å²) in [6.07, 6.45) is 6.00. The van der Waals surface area contributed by atoms with Gasteiger partial charge in [0.2, 0.25) is 0 Å². The van der Waals surface area contributed by atoms with Gasteiger partial charge in [-0.15, -0.1) is 21.5 Å². The maximum Gasteiger partial charge on any atom is 0.164 e. The van der Waals surface area contributed by atoms with E-state index >= 15 is 0 Å². The van der Waals surface area contributed by atoms with Gasteiger partial charge >= 0.3 is 0 Å². The van der Waals surface area contributed by atoms with Crippen molar-refractivity contribution >= 4 is 17.0 Å². The van der Waals surface area contributed by atoms with E-state index in [4.69, 9.17) is 9.73 Å². The number of thiophene rings is 1. The predicted molar refractivity (Wildman–Crippen MR) is 141 cm³/mol. The number of benzene rings is 1. The van der Waals surface area contributed by atoms with Crippen molar-refractivity contribution in [3.8, 4) is 5.00 Å². The van der Waals surface area contributed by atoms with Crippen LogP contribution in [0.5, 0.6) is 0 Å². The minimum Gasteiger partial charge on any atom is -0.353 e. The third kappa shape index (κ3) is 4.21. The highest BCUT2D eigenvalue weighted by atomic mass is 32.1. The smallest absolute Gasteiger partial charge is 0.164 e. The lowest BCUT2D eigenvalue weighted by Gasteiger charge is -2.13. The second-order valence-corrected chi connectivity index (χ2v) is 11.0. The van der Waals surface area contributed by atoms with Crippen LogP contribution in [0.15, 0.2) is 41.8 Å². The van der Waals surface area contributed by atoms with E-state index in [0.717, 1.165) is 46.5 Å². The molecule has 1 saturated heterocycles. The first-order valence-corrected chi connectivity index (χ1v) is 13.2. The van der Waals surface area contributed by atoms with Gasteiger partial charge in [-0.3, -0.25) is 14.9 Å². The average Bonchev–Trinajstić information content (AvgIpc) is 3.20. The number of ether oxygens (including phenoxy) is 1. The summed E-state index contributed by atoms with van der Waals surface area (Å²) in [5.41, 5.74) is 6.93. The fourth-order valence-corrected chi connectivity index (χ4v) is 6.11. The Morgan fingerprint density at radius 2 is 1.89 bits per heavy atom. The Balaban J connectivity index is 1.28. The van der Waals surface area contributed by atoms with Crippen LogP contribution in [0, 0.1) is 27.7 Å². The molecule has 0 saturated carbocycles. The van der Waals surface area contributed by atoms with Gasteiger partial charge in [0.05, 0.1) is 23.8 Å². The molecule has 1 fully saturated rings. The lowest BCUT2D eigenvalue weighted by Crippen LogP contribution is -2.27. The van der Waals surface area contributed by atoms with Crippen molar-refractivity contribution < 1.29 is 4.74 Å². The van der Waals surface area contributed by atoms with Crippen LogP contribution in [0.4, 0.5) is 0 Å². The molecule has 0 radical (unpaired) electrons. The summed E-state index contributed by atoms with van der Waals surface area (Å²) >= 11 is 1.79. The molecule has 3 aromatic heterocycles. The second kappa shape index (κ2) is 9.06. The Bertz CT molecular complexity index is 1450. The minimum atomic E-state index is -0.178. The molecule has 5 heterocycles. The third-order valence-electron chi connectivity index (χ3n) is 7.10. The first-order valence-electron chi connectivity index (χ1n) is 12.4. The van der Waals surface area contributed by atoms with Gasteiger partial charge in [0.15, 0.2) is 5.82 Å². The fourth-order valence-electron chi connectivity index (χ4n) is 4.89. The molecule has 6 rings (SSSR count). The number of imidazole rings is 1. The van der Waals surface area contributed by atoms with Gasteiger partial charge in [-0.25, -0.2) is 4.98 Å². The number of aromatic nitrogens is 5. The van der Waals surface area contributed by atoms with E-state index in [2.05, 4.69) is 76.3 Å². The Hall–Kier alpha value is -3.14. The lowest BCUT2D eigenvalue weighted by atomic mass is 9.99. The molecule has 2 unspecified atom stereocenters. The molecule has 0 aliphatic carbocycles. The van der Waals surface area contributed by atoms with Crippen molar-refractivity contribution in [2.45, 2.75) is 58.9 Å². The molecule has 9 heteroatoms. The Labute approximate surface area is 215 Å². The van der Waals surface area contributed by atoms with Gasteiger partial charge in [-0.1, -0.05) is 29.8 Å². The van der Waals surface area contributed by atoms with E-state index < -0.39 is 0 Å². The van der Waals surface area contributed by atoms with Crippen molar-refractivity contribution in [3.63, 3.8) is 0 Å². The van der Waals surface area contributed by atoms with E-state index in [0.29, 0.717) is 6.54 Å². The van der Waals surface area contributed by atoms with Crippen molar-refractivity contribution in [3.05, 3.63) is 81.3 Å². The standard InChI is InChI=1S/C27H31N7OS/c1-15-6-8-19(9-7-15)24-23-16(2)17(3)36-27(23)34-18(4)31-32-25(34)21(30-24)12-28-26-22(35-26)11-10-20-13-33(5)14-29-20/h6-9,13-14,21-22,26,28H,10-12H2,1-5H3/t21-,22?,26?/m0/s1. The van der Waals surface area contributed by atoms with Crippen LogP contribution in [0.2, 0.25) is 0 Å². The topological polar surface area (TPSA) is 85.4 Å². The van der Waals surface area contributed by atoms with Gasteiger partial charge < -0.3 is 9.30 Å². The van der Waals surface area contributed by atoms with Crippen molar-refractivity contribution in [1.29, 1.82) is 0 Å². The number of rotatable bonds is 7. The zero-order valence-corrected chi connectivity index (χ0v) is 22.1. The van der Waals surface area contributed by atoms with Gasteiger partial charge in [-0.2, -0.15) is 0 Å². The summed E-state index contributed by atoms with van der Waals surface area (Å²) < 4.78 is 10.1. The number of nitrogens with zero attached hydrogens (tertiary/aromatic N) is 6. The van der Waals surface area contributed by atoms with Gasteiger partial charge in [0.1, 0.15) is 23.1 Å². The molecule has 36 heavy (non-hydrogen) atoms. The van der Waals surface area contributed by atoms with Gasteiger partial charge in [0, 0.05) is 35.8 Å². The molecule has 1 N–H and O–H groups in total. The summed E-state index contributed by atoms with van der Waals surface area (Å²) in [5.74, 6) is 1.75. The average molecular weight is 502 g/mol. The second-order valence-electron chi connectivity index (χ2n) is 9.84. The van der Waals surface area contributed by atoms with E-state index in [9.17, 15) is 0 Å². The number of aliphatic imine (C=N–C) groups is 1. The predicted octanol–water partition coefficient (Wildman–Crippen LogP) is 4.14. The summed E-state index contributed by atoms with van der Waals surface area (Å²) in [5, 5.41) is 13.8. The highest BCUT2D eigenvalue weighted by Gasteiger charge is 2.39. The van der Waals surface area contributed by atoms with Crippen LogP contribution in [-0.4, -0.2) is 48.9 Å². The summed E-state index contributed by atoms with van der Waals surface area (Å²) in [4.78, 5) is 11.0. The van der Waals surface area contributed by atoms with Crippen LogP contribution >= 0.6 is 11.3 Å². The largest absolute Gasteiger partial charge is 0.353 e. The maximum absolute atomic E-state index is 5.93. The summed E-state index contributed by atoms with van der Waals surface area (Å²) in [6.45, 7) is 9.13. The molecule has 0 amide bonds. The monoisotopic (exact) mass is 501 g/mol. The molecule has 0 bridgehead atoms. The molecule has 8 nitrogen and oxygen atoms in total.